The molecule has 1 saturated heterocycles. The molecule has 5 nitrogen and oxygen atoms in total. The average molecular weight is 273 g/mol. The van der Waals surface area contributed by atoms with Crippen LogP contribution < -0.4 is 10.0 Å². The van der Waals surface area contributed by atoms with Crippen LogP contribution in [0, 0.1) is 0 Å². The van der Waals surface area contributed by atoms with Crippen molar-refractivity contribution in [2.75, 3.05) is 26.0 Å². The van der Waals surface area contributed by atoms with Gasteiger partial charge in [0.05, 0.1) is 12.4 Å². The van der Waals surface area contributed by atoms with E-state index in [-0.39, 0.29) is 30.8 Å². The van der Waals surface area contributed by atoms with Gasteiger partial charge < -0.3 is 10.1 Å². The van der Waals surface area contributed by atoms with Crippen LogP contribution in [0.1, 0.15) is 19.8 Å². The van der Waals surface area contributed by atoms with Gasteiger partial charge in [0, 0.05) is 19.2 Å². The number of nitrogens with one attached hydrogen (secondary N) is 2. The van der Waals surface area contributed by atoms with Gasteiger partial charge in [-0.05, 0) is 26.3 Å². The standard InChI is InChI=1S/C9H20N2O3S.ClH/c1-8-7-9(3-4-10-8)11-15(12,13)6-5-14-2;/h8-11H,3-7H2,1-2H3;1H. The van der Waals surface area contributed by atoms with Crippen LogP contribution in [0.3, 0.4) is 0 Å². The van der Waals surface area contributed by atoms with E-state index in [1.54, 1.807) is 0 Å². The number of halogens is 1. The molecule has 1 fully saturated rings. The summed E-state index contributed by atoms with van der Waals surface area (Å²) in [7, 11) is -1.67. The molecule has 1 aliphatic rings. The predicted molar refractivity (Wildman–Crippen MR) is 66.5 cm³/mol. The molecule has 0 bridgehead atoms. The normalized spacial score (nSPS) is 26.1. The Hall–Kier alpha value is 0.120. The van der Waals surface area contributed by atoms with Crippen molar-refractivity contribution in [2.24, 2.45) is 0 Å². The molecule has 0 aromatic rings. The number of methoxy groups -OCH3 is 1. The fraction of sp³-hybridized carbons (Fsp3) is 1.00. The van der Waals surface area contributed by atoms with Crippen molar-refractivity contribution in [3.05, 3.63) is 0 Å². The van der Waals surface area contributed by atoms with Crippen LogP contribution in [0.2, 0.25) is 0 Å². The molecule has 2 atom stereocenters. The van der Waals surface area contributed by atoms with Gasteiger partial charge in [0.2, 0.25) is 10.0 Å². The van der Waals surface area contributed by atoms with Crippen molar-refractivity contribution in [2.45, 2.75) is 31.8 Å². The molecule has 16 heavy (non-hydrogen) atoms. The zero-order valence-electron chi connectivity index (χ0n) is 9.73. The summed E-state index contributed by atoms with van der Waals surface area (Å²) in [4.78, 5) is 0. The maximum Gasteiger partial charge on any atom is 0.214 e. The quantitative estimate of drug-likeness (QED) is 0.746. The summed E-state index contributed by atoms with van der Waals surface area (Å²) in [5.74, 6) is 0.0435. The van der Waals surface area contributed by atoms with Gasteiger partial charge in [0.25, 0.3) is 0 Å². The van der Waals surface area contributed by atoms with Crippen molar-refractivity contribution in [1.29, 1.82) is 0 Å². The average Bonchev–Trinajstić information content (AvgIpc) is 2.14. The molecule has 2 unspecified atom stereocenters. The first kappa shape index (κ1) is 16.1. The van der Waals surface area contributed by atoms with Crippen LogP contribution in [0.5, 0.6) is 0 Å². The lowest BCUT2D eigenvalue weighted by atomic mass is 10.0. The minimum absolute atomic E-state index is 0. The second kappa shape index (κ2) is 7.45. The Morgan fingerprint density at radius 1 is 1.50 bits per heavy atom. The lowest BCUT2D eigenvalue weighted by molar-refractivity contribution is 0.216. The molecule has 1 heterocycles. The first-order valence-electron chi connectivity index (χ1n) is 5.26. The molecule has 0 amide bonds. The third kappa shape index (κ3) is 6.00. The first-order chi connectivity index (χ1) is 7.03. The van der Waals surface area contributed by atoms with Gasteiger partial charge in [-0.25, -0.2) is 13.1 Å². The SMILES string of the molecule is COCCS(=O)(=O)NC1CCNC(C)C1.Cl. The highest BCUT2D eigenvalue weighted by atomic mass is 35.5. The zero-order valence-corrected chi connectivity index (χ0v) is 11.4. The van der Waals surface area contributed by atoms with E-state index >= 15 is 0 Å². The number of piperidine rings is 1. The highest BCUT2D eigenvalue weighted by molar-refractivity contribution is 7.89. The maximum atomic E-state index is 11.6. The molecule has 0 aliphatic carbocycles. The molecule has 1 aliphatic heterocycles. The highest BCUT2D eigenvalue weighted by Crippen LogP contribution is 2.09. The van der Waals surface area contributed by atoms with E-state index in [1.807, 2.05) is 0 Å². The van der Waals surface area contributed by atoms with Crippen LogP contribution in [0.4, 0.5) is 0 Å². The smallest absolute Gasteiger partial charge is 0.214 e. The molecular formula is C9H21ClN2O3S. The van der Waals surface area contributed by atoms with Crippen molar-refractivity contribution in [3.63, 3.8) is 0 Å². The van der Waals surface area contributed by atoms with Crippen LogP contribution in [0.15, 0.2) is 0 Å². The Morgan fingerprint density at radius 2 is 2.19 bits per heavy atom. The van der Waals surface area contributed by atoms with Gasteiger partial charge in [0.15, 0.2) is 0 Å². The monoisotopic (exact) mass is 272 g/mol. The Balaban J connectivity index is 0.00000225. The van der Waals surface area contributed by atoms with Gasteiger partial charge in [-0.15, -0.1) is 12.4 Å². The largest absolute Gasteiger partial charge is 0.384 e. The van der Waals surface area contributed by atoms with E-state index in [2.05, 4.69) is 17.0 Å². The van der Waals surface area contributed by atoms with E-state index in [4.69, 9.17) is 4.74 Å². The lowest BCUT2D eigenvalue weighted by Crippen LogP contribution is -2.47. The van der Waals surface area contributed by atoms with Gasteiger partial charge in [-0.2, -0.15) is 0 Å². The molecule has 0 spiro atoms. The summed E-state index contributed by atoms with van der Waals surface area (Å²) >= 11 is 0. The highest BCUT2D eigenvalue weighted by Gasteiger charge is 2.22. The van der Waals surface area contributed by atoms with E-state index in [9.17, 15) is 8.42 Å². The number of hydrogen-bond donors (Lipinski definition) is 2. The van der Waals surface area contributed by atoms with E-state index in [0.29, 0.717) is 6.04 Å². The number of hydrogen-bond acceptors (Lipinski definition) is 4. The molecule has 0 aromatic heterocycles. The van der Waals surface area contributed by atoms with E-state index in [1.165, 1.54) is 7.11 Å². The van der Waals surface area contributed by atoms with Crippen molar-refractivity contribution >= 4 is 22.4 Å². The molecule has 7 heteroatoms. The second-order valence-electron chi connectivity index (χ2n) is 4.01. The topological polar surface area (TPSA) is 67.4 Å². The van der Waals surface area contributed by atoms with Crippen LogP contribution in [0.25, 0.3) is 0 Å². The molecule has 2 N–H and O–H groups in total. The van der Waals surface area contributed by atoms with Crippen molar-refractivity contribution in [3.8, 4) is 0 Å². The second-order valence-corrected chi connectivity index (χ2v) is 5.88. The van der Waals surface area contributed by atoms with Crippen molar-refractivity contribution in [1.82, 2.24) is 10.0 Å². The fourth-order valence-electron chi connectivity index (χ4n) is 1.74. The Kier molecular flexibility index (Phi) is 7.50. The summed E-state index contributed by atoms with van der Waals surface area (Å²) in [6, 6.07) is 0.456. The van der Waals surface area contributed by atoms with Gasteiger partial charge in [-0.3, -0.25) is 0 Å². The van der Waals surface area contributed by atoms with E-state index in [0.717, 1.165) is 19.4 Å². The maximum absolute atomic E-state index is 11.6. The molecule has 0 aromatic carbocycles. The van der Waals surface area contributed by atoms with E-state index < -0.39 is 10.0 Å². The van der Waals surface area contributed by atoms with Crippen molar-refractivity contribution < 1.29 is 13.2 Å². The third-order valence-corrected chi connectivity index (χ3v) is 3.92. The van der Waals surface area contributed by atoms with Crippen LogP contribution in [-0.4, -0.2) is 46.5 Å². The molecule has 0 radical (unpaired) electrons. The molecular weight excluding hydrogens is 252 g/mol. The summed E-state index contributed by atoms with van der Waals surface area (Å²) < 4.78 is 30.6. The summed E-state index contributed by atoms with van der Waals surface area (Å²) in [5, 5.41) is 3.28. The summed E-state index contributed by atoms with van der Waals surface area (Å²) in [6.45, 7) is 3.18. The molecule has 0 saturated carbocycles. The van der Waals surface area contributed by atoms with Gasteiger partial charge in [0.1, 0.15) is 0 Å². The predicted octanol–water partition coefficient (Wildman–Crippen LogP) is 0.115. The lowest BCUT2D eigenvalue weighted by Gasteiger charge is -2.28. The Labute approximate surface area is 104 Å². The summed E-state index contributed by atoms with van der Waals surface area (Å²) in [5.41, 5.74) is 0. The fourth-order valence-corrected chi connectivity index (χ4v) is 2.97. The number of ether oxygens (including phenoxy) is 1. The van der Waals surface area contributed by atoms with Crippen LogP contribution in [-0.2, 0) is 14.8 Å². The molecule has 1 rings (SSSR count). The minimum atomic E-state index is -3.17. The van der Waals surface area contributed by atoms with Gasteiger partial charge >= 0.3 is 0 Å². The third-order valence-electron chi connectivity index (χ3n) is 2.53. The van der Waals surface area contributed by atoms with Gasteiger partial charge in [-0.1, -0.05) is 0 Å². The van der Waals surface area contributed by atoms with Crippen LogP contribution >= 0.6 is 12.4 Å². The number of rotatable bonds is 5. The first-order valence-corrected chi connectivity index (χ1v) is 6.91. The zero-order chi connectivity index (χ0) is 11.3. The number of sulfonamides is 1. The minimum Gasteiger partial charge on any atom is -0.384 e. The summed E-state index contributed by atoms with van der Waals surface area (Å²) in [6.07, 6.45) is 1.71. The Bertz CT molecular complexity index is 284. The molecule has 98 valence electrons. The Morgan fingerprint density at radius 3 is 2.75 bits per heavy atom.